The van der Waals surface area contributed by atoms with Crippen molar-refractivity contribution in [2.75, 3.05) is 5.73 Å². The van der Waals surface area contributed by atoms with Gasteiger partial charge in [-0.1, -0.05) is 35.9 Å². The van der Waals surface area contributed by atoms with Gasteiger partial charge in [-0.3, -0.25) is 0 Å². The van der Waals surface area contributed by atoms with Gasteiger partial charge in [0.2, 0.25) is 0 Å². The number of rotatable bonds is 2. The van der Waals surface area contributed by atoms with E-state index in [0.29, 0.717) is 10.8 Å². The second kappa shape index (κ2) is 4.54. The molecule has 16 heavy (non-hydrogen) atoms. The number of halogens is 1. The smallest absolute Gasteiger partial charge is 0.126 e. The maximum Gasteiger partial charge on any atom is 0.126 e. The number of nitrogens with two attached hydrogens (primary N) is 1. The fourth-order valence-corrected chi connectivity index (χ4v) is 1.83. The van der Waals surface area contributed by atoms with Crippen molar-refractivity contribution < 1.29 is 0 Å². The van der Waals surface area contributed by atoms with Crippen molar-refractivity contribution in [1.82, 2.24) is 4.98 Å². The molecule has 0 unspecified atom stereocenters. The number of anilines is 1. The van der Waals surface area contributed by atoms with E-state index >= 15 is 0 Å². The van der Waals surface area contributed by atoms with Crippen LogP contribution in [0.25, 0.3) is 0 Å². The number of nitrogen functional groups attached to an aromatic ring is 1. The molecule has 1 aromatic heterocycles. The van der Waals surface area contributed by atoms with Gasteiger partial charge in [-0.2, -0.15) is 0 Å². The van der Waals surface area contributed by atoms with Crippen LogP contribution in [0.4, 0.5) is 5.82 Å². The summed E-state index contributed by atoms with van der Waals surface area (Å²) in [6.45, 7) is 2.09. The lowest BCUT2D eigenvalue weighted by atomic mass is 10.0. The van der Waals surface area contributed by atoms with Crippen LogP contribution in [0.15, 0.2) is 36.5 Å². The molecule has 2 aromatic rings. The number of nitrogens with zero attached hydrogens (tertiary/aromatic N) is 1. The Hall–Kier alpha value is -1.54. The molecule has 1 aromatic carbocycles. The number of hydrogen-bond acceptors (Lipinski definition) is 2. The maximum absolute atomic E-state index is 5.90. The second-order valence-electron chi connectivity index (χ2n) is 3.80. The molecule has 0 saturated carbocycles. The van der Waals surface area contributed by atoms with Crippen molar-refractivity contribution in [3.8, 4) is 0 Å². The van der Waals surface area contributed by atoms with Gasteiger partial charge < -0.3 is 5.73 Å². The van der Waals surface area contributed by atoms with Crippen LogP contribution in [0.5, 0.6) is 0 Å². The van der Waals surface area contributed by atoms with Crippen LogP contribution in [-0.4, -0.2) is 4.98 Å². The molecule has 3 heteroatoms. The topological polar surface area (TPSA) is 38.9 Å². The van der Waals surface area contributed by atoms with Crippen molar-refractivity contribution >= 4 is 17.4 Å². The minimum atomic E-state index is 0.549. The van der Waals surface area contributed by atoms with E-state index in [1.165, 1.54) is 11.1 Å². The standard InChI is InChI=1S/C13H13ClN2/c1-9-4-2-3-5-10(9)6-11-7-12(14)8-16-13(11)15/h2-5,7-8H,6H2,1H3,(H2,15,16). The van der Waals surface area contributed by atoms with Crippen molar-refractivity contribution in [2.45, 2.75) is 13.3 Å². The fourth-order valence-electron chi connectivity index (χ4n) is 1.65. The molecule has 0 spiro atoms. The number of aromatic nitrogens is 1. The average molecular weight is 233 g/mol. The summed E-state index contributed by atoms with van der Waals surface area (Å²) in [7, 11) is 0. The Kier molecular flexibility index (Phi) is 3.11. The molecule has 82 valence electrons. The van der Waals surface area contributed by atoms with E-state index in [1.807, 2.05) is 18.2 Å². The van der Waals surface area contributed by atoms with Gasteiger partial charge in [-0.15, -0.1) is 0 Å². The van der Waals surface area contributed by atoms with E-state index in [4.69, 9.17) is 17.3 Å². The number of hydrogen-bond donors (Lipinski definition) is 1. The van der Waals surface area contributed by atoms with E-state index < -0.39 is 0 Å². The normalized spacial score (nSPS) is 10.4. The quantitative estimate of drug-likeness (QED) is 0.864. The third-order valence-electron chi connectivity index (χ3n) is 2.61. The molecule has 2 N–H and O–H groups in total. The molecule has 0 radical (unpaired) electrons. The number of aryl methyl sites for hydroxylation is 1. The summed E-state index contributed by atoms with van der Waals surface area (Å²) < 4.78 is 0. The highest BCUT2D eigenvalue weighted by molar-refractivity contribution is 6.30. The Labute approximate surface area is 100 Å². The van der Waals surface area contributed by atoms with Crippen molar-refractivity contribution in [3.63, 3.8) is 0 Å². The first-order valence-electron chi connectivity index (χ1n) is 5.11. The van der Waals surface area contributed by atoms with Gasteiger partial charge in [-0.05, 0) is 24.1 Å². The maximum atomic E-state index is 5.90. The highest BCUT2D eigenvalue weighted by Crippen LogP contribution is 2.20. The average Bonchev–Trinajstić information content (AvgIpc) is 2.27. The summed E-state index contributed by atoms with van der Waals surface area (Å²) >= 11 is 5.90. The SMILES string of the molecule is Cc1ccccc1Cc1cc(Cl)cnc1N. The minimum absolute atomic E-state index is 0.549. The molecular formula is C13H13ClN2. The van der Waals surface area contributed by atoms with Crippen LogP contribution in [0, 0.1) is 6.92 Å². The Morgan fingerprint density at radius 3 is 2.75 bits per heavy atom. The Morgan fingerprint density at radius 2 is 2.00 bits per heavy atom. The van der Waals surface area contributed by atoms with Gasteiger partial charge >= 0.3 is 0 Å². The predicted molar refractivity (Wildman–Crippen MR) is 67.6 cm³/mol. The molecule has 0 bridgehead atoms. The van der Waals surface area contributed by atoms with Gasteiger partial charge in [0, 0.05) is 18.2 Å². The molecule has 0 saturated heterocycles. The molecule has 0 fully saturated rings. The molecule has 0 aliphatic heterocycles. The van der Waals surface area contributed by atoms with Gasteiger partial charge in [-0.25, -0.2) is 4.98 Å². The minimum Gasteiger partial charge on any atom is -0.383 e. The summed E-state index contributed by atoms with van der Waals surface area (Å²) in [5.74, 6) is 0.549. The van der Waals surface area contributed by atoms with Gasteiger partial charge in [0.15, 0.2) is 0 Å². The zero-order valence-electron chi connectivity index (χ0n) is 9.07. The third-order valence-corrected chi connectivity index (χ3v) is 2.82. The van der Waals surface area contributed by atoms with E-state index in [-0.39, 0.29) is 0 Å². The van der Waals surface area contributed by atoms with Crippen LogP contribution >= 0.6 is 11.6 Å². The first-order chi connectivity index (χ1) is 7.66. The largest absolute Gasteiger partial charge is 0.383 e. The van der Waals surface area contributed by atoms with E-state index in [2.05, 4.69) is 24.0 Å². The van der Waals surface area contributed by atoms with Crippen LogP contribution in [-0.2, 0) is 6.42 Å². The summed E-state index contributed by atoms with van der Waals surface area (Å²) in [5, 5.41) is 0.623. The van der Waals surface area contributed by atoms with E-state index in [9.17, 15) is 0 Å². The summed E-state index contributed by atoms with van der Waals surface area (Å²) in [6, 6.07) is 10.1. The van der Waals surface area contributed by atoms with E-state index in [1.54, 1.807) is 6.20 Å². The van der Waals surface area contributed by atoms with Crippen LogP contribution in [0.1, 0.15) is 16.7 Å². The van der Waals surface area contributed by atoms with Gasteiger partial charge in [0.05, 0.1) is 5.02 Å². The molecule has 0 aliphatic carbocycles. The fraction of sp³-hybridized carbons (Fsp3) is 0.154. The molecule has 1 heterocycles. The first kappa shape index (κ1) is 11.0. The lowest BCUT2D eigenvalue weighted by Crippen LogP contribution is -1.99. The third kappa shape index (κ3) is 2.34. The highest BCUT2D eigenvalue weighted by atomic mass is 35.5. The zero-order valence-corrected chi connectivity index (χ0v) is 9.83. The molecular weight excluding hydrogens is 220 g/mol. The highest BCUT2D eigenvalue weighted by Gasteiger charge is 2.04. The van der Waals surface area contributed by atoms with Crippen LogP contribution in [0.2, 0.25) is 5.02 Å². The molecule has 0 atom stereocenters. The van der Waals surface area contributed by atoms with Gasteiger partial charge in [0.25, 0.3) is 0 Å². The lowest BCUT2D eigenvalue weighted by Gasteiger charge is -2.07. The summed E-state index contributed by atoms with van der Waals surface area (Å²) in [5.41, 5.74) is 9.29. The van der Waals surface area contributed by atoms with Crippen molar-refractivity contribution in [1.29, 1.82) is 0 Å². The van der Waals surface area contributed by atoms with Crippen molar-refractivity contribution in [2.24, 2.45) is 0 Å². The molecule has 0 amide bonds. The Bertz CT molecular complexity index is 509. The number of pyridine rings is 1. The van der Waals surface area contributed by atoms with Crippen LogP contribution < -0.4 is 5.73 Å². The lowest BCUT2D eigenvalue weighted by molar-refractivity contribution is 1.13. The summed E-state index contributed by atoms with van der Waals surface area (Å²) in [6.07, 6.45) is 2.34. The van der Waals surface area contributed by atoms with E-state index in [0.717, 1.165) is 12.0 Å². The predicted octanol–water partition coefficient (Wildman–Crippen LogP) is 3.22. The zero-order chi connectivity index (χ0) is 11.5. The monoisotopic (exact) mass is 232 g/mol. The van der Waals surface area contributed by atoms with Crippen LogP contribution in [0.3, 0.4) is 0 Å². The number of benzene rings is 1. The Morgan fingerprint density at radius 1 is 1.25 bits per heavy atom. The molecule has 0 aliphatic rings. The molecule has 2 rings (SSSR count). The summed E-state index contributed by atoms with van der Waals surface area (Å²) in [4.78, 5) is 4.05. The van der Waals surface area contributed by atoms with Crippen molar-refractivity contribution in [3.05, 3.63) is 58.2 Å². The first-order valence-corrected chi connectivity index (χ1v) is 5.49. The van der Waals surface area contributed by atoms with Gasteiger partial charge in [0.1, 0.15) is 5.82 Å². The second-order valence-corrected chi connectivity index (χ2v) is 4.24. The molecule has 2 nitrogen and oxygen atoms in total. The Balaban J connectivity index is 2.34.